The van der Waals surface area contributed by atoms with Crippen molar-refractivity contribution in [2.75, 3.05) is 13.1 Å². The van der Waals surface area contributed by atoms with Crippen LogP contribution in [0.5, 0.6) is 0 Å². The van der Waals surface area contributed by atoms with E-state index in [2.05, 4.69) is 15.4 Å². The van der Waals surface area contributed by atoms with Gasteiger partial charge >= 0.3 is 0 Å². The molecule has 1 aliphatic carbocycles. The molecule has 2 heterocycles. The molecule has 1 saturated heterocycles. The maximum Gasteiger partial charge on any atom is 0.226 e. The van der Waals surface area contributed by atoms with Gasteiger partial charge in [-0.1, -0.05) is 0 Å². The first kappa shape index (κ1) is 12.6. The Morgan fingerprint density at radius 1 is 1.26 bits per heavy atom. The van der Waals surface area contributed by atoms with Crippen LogP contribution in [-0.4, -0.2) is 51.5 Å². The fourth-order valence-corrected chi connectivity index (χ4v) is 3.11. The van der Waals surface area contributed by atoms with Crippen LogP contribution in [0.4, 0.5) is 0 Å². The molecule has 0 aromatic carbocycles. The standard InChI is InChI=1S/C13H20N4O2/c1-8-6-17(7-9(2)19-8)13(18)10-3-4-11-12(5-10)15-16-14-11/h8-10H,3-7H2,1-2H3,(H,14,15,16). The van der Waals surface area contributed by atoms with E-state index in [4.69, 9.17) is 4.74 Å². The number of ether oxygens (including phenoxy) is 1. The summed E-state index contributed by atoms with van der Waals surface area (Å²) in [5.41, 5.74) is 1.98. The lowest BCUT2D eigenvalue weighted by Crippen LogP contribution is -2.50. The SMILES string of the molecule is CC1CN(C(=O)C2CCc3n[nH]nc3C2)CC(C)O1. The van der Waals surface area contributed by atoms with E-state index in [1.165, 1.54) is 0 Å². The van der Waals surface area contributed by atoms with Crippen molar-refractivity contribution in [2.45, 2.75) is 45.3 Å². The van der Waals surface area contributed by atoms with Crippen molar-refractivity contribution in [2.24, 2.45) is 5.92 Å². The van der Waals surface area contributed by atoms with Crippen LogP contribution in [0, 0.1) is 5.92 Å². The molecule has 1 amide bonds. The van der Waals surface area contributed by atoms with Gasteiger partial charge in [-0.2, -0.15) is 15.4 Å². The molecule has 1 fully saturated rings. The summed E-state index contributed by atoms with van der Waals surface area (Å²) in [5.74, 6) is 0.297. The van der Waals surface area contributed by atoms with Crippen molar-refractivity contribution in [1.29, 1.82) is 0 Å². The summed E-state index contributed by atoms with van der Waals surface area (Å²) in [5, 5.41) is 10.9. The van der Waals surface area contributed by atoms with Gasteiger partial charge in [0.05, 0.1) is 23.6 Å². The van der Waals surface area contributed by atoms with Gasteiger partial charge in [0.25, 0.3) is 0 Å². The summed E-state index contributed by atoms with van der Waals surface area (Å²) in [6.45, 7) is 5.44. The molecule has 3 atom stereocenters. The third-order valence-electron chi connectivity index (χ3n) is 3.95. The molecule has 0 bridgehead atoms. The van der Waals surface area contributed by atoms with E-state index in [1.807, 2.05) is 18.7 Å². The molecule has 3 rings (SSSR count). The van der Waals surface area contributed by atoms with Gasteiger partial charge in [-0.3, -0.25) is 4.79 Å². The fourth-order valence-electron chi connectivity index (χ4n) is 3.11. The molecule has 19 heavy (non-hydrogen) atoms. The lowest BCUT2D eigenvalue weighted by atomic mass is 9.88. The number of carbonyl (C=O) groups excluding carboxylic acids is 1. The van der Waals surface area contributed by atoms with Gasteiger partial charge in [-0.25, -0.2) is 0 Å². The van der Waals surface area contributed by atoms with Crippen LogP contribution in [0.25, 0.3) is 0 Å². The molecule has 2 aliphatic rings. The minimum absolute atomic E-state index is 0.0510. The van der Waals surface area contributed by atoms with E-state index in [0.717, 1.165) is 24.2 Å². The van der Waals surface area contributed by atoms with Crippen LogP contribution in [0.15, 0.2) is 0 Å². The van der Waals surface area contributed by atoms with Gasteiger partial charge in [0, 0.05) is 25.4 Å². The van der Waals surface area contributed by atoms with Gasteiger partial charge in [0.1, 0.15) is 0 Å². The molecule has 0 radical (unpaired) electrons. The zero-order valence-electron chi connectivity index (χ0n) is 11.4. The van der Waals surface area contributed by atoms with Crippen LogP contribution < -0.4 is 0 Å². The van der Waals surface area contributed by atoms with E-state index in [0.29, 0.717) is 19.5 Å². The normalized spacial score (nSPS) is 31.1. The summed E-state index contributed by atoms with van der Waals surface area (Å²) >= 11 is 0. The number of fused-ring (bicyclic) bond motifs is 1. The Kier molecular flexibility index (Phi) is 3.26. The first-order chi connectivity index (χ1) is 9.13. The van der Waals surface area contributed by atoms with Crippen molar-refractivity contribution in [1.82, 2.24) is 20.3 Å². The van der Waals surface area contributed by atoms with Crippen molar-refractivity contribution >= 4 is 5.91 Å². The molecule has 104 valence electrons. The quantitative estimate of drug-likeness (QED) is 0.804. The minimum Gasteiger partial charge on any atom is -0.372 e. The number of aromatic nitrogens is 3. The number of morpholine rings is 1. The molecular weight excluding hydrogens is 244 g/mol. The minimum atomic E-state index is 0.0510. The summed E-state index contributed by atoms with van der Waals surface area (Å²) in [6, 6.07) is 0. The van der Waals surface area contributed by atoms with E-state index in [1.54, 1.807) is 0 Å². The number of H-pyrrole nitrogens is 1. The van der Waals surface area contributed by atoms with Crippen LogP contribution >= 0.6 is 0 Å². The zero-order chi connectivity index (χ0) is 13.4. The molecular formula is C13H20N4O2. The number of rotatable bonds is 1. The summed E-state index contributed by atoms with van der Waals surface area (Å²) in [7, 11) is 0. The average Bonchev–Trinajstić information content (AvgIpc) is 2.83. The van der Waals surface area contributed by atoms with Crippen LogP contribution in [0.3, 0.4) is 0 Å². The van der Waals surface area contributed by atoms with Gasteiger partial charge < -0.3 is 9.64 Å². The smallest absolute Gasteiger partial charge is 0.226 e. The van der Waals surface area contributed by atoms with E-state index >= 15 is 0 Å². The van der Waals surface area contributed by atoms with Gasteiger partial charge in [0.2, 0.25) is 5.91 Å². The number of amides is 1. The zero-order valence-corrected chi connectivity index (χ0v) is 11.4. The Labute approximate surface area is 112 Å². The second kappa shape index (κ2) is 4.92. The molecule has 1 aromatic rings. The van der Waals surface area contributed by atoms with E-state index < -0.39 is 0 Å². The maximum atomic E-state index is 12.6. The van der Waals surface area contributed by atoms with Crippen molar-refractivity contribution < 1.29 is 9.53 Å². The molecule has 0 spiro atoms. The number of aryl methyl sites for hydroxylation is 1. The fraction of sp³-hybridized carbons (Fsp3) is 0.769. The Morgan fingerprint density at radius 2 is 1.95 bits per heavy atom. The number of nitrogens with zero attached hydrogens (tertiary/aromatic N) is 3. The molecule has 1 N–H and O–H groups in total. The average molecular weight is 264 g/mol. The summed E-state index contributed by atoms with van der Waals surface area (Å²) in [4.78, 5) is 14.5. The molecule has 1 aliphatic heterocycles. The molecule has 1 aromatic heterocycles. The van der Waals surface area contributed by atoms with Crippen molar-refractivity contribution in [3.05, 3.63) is 11.4 Å². The van der Waals surface area contributed by atoms with E-state index in [-0.39, 0.29) is 24.0 Å². The Bertz CT molecular complexity index is 463. The molecule has 6 heteroatoms. The monoisotopic (exact) mass is 264 g/mol. The highest BCUT2D eigenvalue weighted by Crippen LogP contribution is 2.25. The Balaban J connectivity index is 1.68. The van der Waals surface area contributed by atoms with Crippen molar-refractivity contribution in [3.63, 3.8) is 0 Å². The van der Waals surface area contributed by atoms with Crippen molar-refractivity contribution in [3.8, 4) is 0 Å². The summed E-state index contributed by atoms with van der Waals surface area (Å²) in [6.07, 6.45) is 2.68. The largest absolute Gasteiger partial charge is 0.372 e. The first-order valence-corrected chi connectivity index (χ1v) is 6.96. The van der Waals surface area contributed by atoms with Gasteiger partial charge in [0.15, 0.2) is 0 Å². The number of hydrogen-bond donors (Lipinski definition) is 1. The number of nitrogens with one attached hydrogen (secondary N) is 1. The molecule has 3 unspecified atom stereocenters. The maximum absolute atomic E-state index is 12.6. The topological polar surface area (TPSA) is 71.1 Å². The number of hydrogen-bond acceptors (Lipinski definition) is 4. The molecule has 6 nitrogen and oxygen atoms in total. The van der Waals surface area contributed by atoms with Crippen LogP contribution in [0.1, 0.15) is 31.7 Å². The second-order valence-corrected chi connectivity index (χ2v) is 5.66. The first-order valence-electron chi connectivity index (χ1n) is 6.96. The highest BCUT2D eigenvalue weighted by molar-refractivity contribution is 5.79. The number of aromatic amines is 1. The Morgan fingerprint density at radius 3 is 2.68 bits per heavy atom. The van der Waals surface area contributed by atoms with Crippen LogP contribution in [0.2, 0.25) is 0 Å². The lowest BCUT2D eigenvalue weighted by molar-refractivity contribution is -0.147. The highest BCUT2D eigenvalue weighted by atomic mass is 16.5. The van der Waals surface area contributed by atoms with Gasteiger partial charge in [-0.05, 0) is 26.7 Å². The Hall–Kier alpha value is -1.43. The summed E-state index contributed by atoms with van der Waals surface area (Å²) < 4.78 is 5.68. The van der Waals surface area contributed by atoms with Gasteiger partial charge in [-0.15, -0.1) is 0 Å². The predicted molar refractivity (Wildman–Crippen MR) is 68.5 cm³/mol. The number of carbonyl (C=O) groups is 1. The van der Waals surface area contributed by atoms with E-state index in [9.17, 15) is 4.79 Å². The lowest BCUT2D eigenvalue weighted by Gasteiger charge is -2.37. The molecule has 0 saturated carbocycles. The predicted octanol–water partition coefficient (Wildman–Crippen LogP) is 0.545. The second-order valence-electron chi connectivity index (χ2n) is 5.66. The third-order valence-corrected chi connectivity index (χ3v) is 3.95. The third kappa shape index (κ3) is 2.49. The van der Waals surface area contributed by atoms with Crippen LogP contribution in [-0.2, 0) is 22.4 Å². The highest BCUT2D eigenvalue weighted by Gasteiger charge is 2.33.